The average molecular weight is 242 g/mol. The molecule has 0 unspecified atom stereocenters. The Labute approximate surface area is 106 Å². The zero-order chi connectivity index (χ0) is 12.4. The van der Waals surface area contributed by atoms with Crippen molar-refractivity contribution in [3.05, 3.63) is 53.6 Å². The molecular weight excluding hydrogens is 228 g/mol. The third kappa shape index (κ3) is 2.12. The van der Waals surface area contributed by atoms with E-state index < -0.39 is 0 Å². The van der Waals surface area contributed by atoms with Gasteiger partial charge in [0.15, 0.2) is 11.5 Å². The molecule has 0 aromatic heterocycles. The van der Waals surface area contributed by atoms with Gasteiger partial charge in [-0.1, -0.05) is 30.3 Å². The SMILES string of the molecule is Oc1cc(CCc2ccccc2)cc2c1OCO2. The van der Waals surface area contributed by atoms with Crippen LogP contribution < -0.4 is 9.47 Å². The molecule has 3 nitrogen and oxygen atoms in total. The molecule has 0 aliphatic carbocycles. The first-order valence-corrected chi connectivity index (χ1v) is 5.98. The highest BCUT2D eigenvalue weighted by molar-refractivity contribution is 5.54. The Morgan fingerprint density at radius 3 is 2.56 bits per heavy atom. The number of phenols is 1. The summed E-state index contributed by atoms with van der Waals surface area (Å²) in [5.41, 5.74) is 2.34. The maximum Gasteiger partial charge on any atom is 0.231 e. The summed E-state index contributed by atoms with van der Waals surface area (Å²) in [5.74, 6) is 1.25. The van der Waals surface area contributed by atoms with Gasteiger partial charge in [-0.15, -0.1) is 0 Å². The lowest BCUT2D eigenvalue weighted by Gasteiger charge is -2.05. The van der Waals surface area contributed by atoms with Crippen molar-refractivity contribution in [3.63, 3.8) is 0 Å². The third-order valence-corrected chi connectivity index (χ3v) is 3.06. The van der Waals surface area contributed by atoms with Crippen molar-refractivity contribution in [1.82, 2.24) is 0 Å². The Hall–Kier alpha value is -2.16. The third-order valence-electron chi connectivity index (χ3n) is 3.06. The van der Waals surface area contributed by atoms with Gasteiger partial charge in [0, 0.05) is 0 Å². The number of hydrogen-bond acceptors (Lipinski definition) is 3. The molecule has 1 N–H and O–H groups in total. The minimum absolute atomic E-state index is 0.160. The molecule has 2 aromatic carbocycles. The molecule has 1 aliphatic rings. The first-order chi connectivity index (χ1) is 8.83. The smallest absolute Gasteiger partial charge is 0.231 e. The van der Waals surface area contributed by atoms with E-state index in [1.807, 2.05) is 24.3 Å². The monoisotopic (exact) mass is 242 g/mol. The summed E-state index contributed by atoms with van der Waals surface area (Å²) in [4.78, 5) is 0. The lowest BCUT2D eigenvalue weighted by Crippen LogP contribution is -1.93. The summed E-state index contributed by atoms with van der Waals surface area (Å²) in [7, 11) is 0. The summed E-state index contributed by atoms with van der Waals surface area (Å²) < 4.78 is 10.5. The largest absolute Gasteiger partial charge is 0.504 e. The summed E-state index contributed by atoms with van der Waals surface area (Å²) in [6, 6.07) is 14.0. The zero-order valence-corrected chi connectivity index (χ0v) is 9.93. The van der Waals surface area contributed by atoms with Crippen LogP contribution in [0.15, 0.2) is 42.5 Å². The highest BCUT2D eigenvalue weighted by Crippen LogP contribution is 2.41. The topological polar surface area (TPSA) is 38.7 Å². The molecule has 0 spiro atoms. The molecule has 3 rings (SSSR count). The van der Waals surface area contributed by atoms with E-state index in [-0.39, 0.29) is 12.5 Å². The van der Waals surface area contributed by atoms with Crippen LogP contribution in [-0.2, 0) is 12.8 Å². The normalized spacial score (nSPS) is 12.7. The van der Waals surface area contributed by atoms with Gasteiger partial charge in [0.25, 0.3) is 0 Å². The molecule has 3 heteroatoms. The number of aryl methyl sites for hydroxylation is 2. The van der Waals surface area contributed by atoms with E-state index in [1.54, 1.807) is 6.07 Å². The molecule has 0 saturated carbocycles. The number of phenolic OH excluding ortho intramolecular Hbond substituents is 1. The second kappa shape index (κ2) is 4.61. The van der Waals surface area contributed by atoms with Crippen LogP contribution in [0.3, 0.4) is 0 Å². The van der Waals surface area contributed by atoms with Crippen LogP contribution in [0.4, 0.5) is 0 Å². The molecule has 92 valence electrons. The molecule has 0 atom stereocenters. The second-order valence-corrected chi connectivity index (χ2v) is 4.33. The molecular formula is C15H14O3. The number of fused-ring (bicyclic) bond motifs is 1. The molecule has 0 bridgehead atoms. The molecule has 0 saturated heterocycles. The first-order valence-electron chi connectivity index (χ1n) is 5.98. The minimum atomic E-state index is 0.160. The predicted octanol–water partition coefficient (Wildman–Crippen LogP) is 2.91. The standard InChI is InChI=1S/C15H14O3/c16-13-8-12(9-14-15(13)18-10-17-14)7-6-11-4-2-1-3-5-11/h1-5,8-9,16H,6-7,10H2. The van der Waals surface area contributed by atoms with Gasteiger partial charge in [-0.05, 0) is 36.1 Å². The van der Waals surface area contributed by atoms with Crippen LogP contribution in [0.1, 0.15) is 11.1 Å². The van der Waals surface area contributed by atoms with Crippen molar-refractivity contribution < 1.29 is 14.6 Å². The van der Waals surface area contributed by atoms with Crippen molar-refractivity contribution in [2.45, 2.75) is 12.8 Å². The van der Waals surface area contributed by atoms with Crippen LogP contribution in [0, 0.1) is 0 Å². The van der Waals surface area contributed by atoms with E-state index in [9.17, 15) is 5.11 Å². The van der Waals surface area contributed by atoms with E-state index in [1.165, 1.54) is 5.56 Å². The Bertz CT molecular complexity index is 549. The molecule has 0 amide bonds. The van der Waals surface area contributed by atoms with Crippen molar-refractivity contribution in [3.8, 4) is 17.2 Å². The fourth-order valence-corrected chi connectivity index (χ4v) is 2.12. The Balaban J connectivity index is 1.76. The van der Waals surface area contributed by atoms with Gasteiger partial charge >= 0.3 is 0 Å². The Morgan fingerprint density at radius 1 is 0.944 bits per heavy atom. The fourth-order valence-electron chi connectivity index (χ4n) is 2.12. The number of hydrogen-bond donors (Lipinski definition) is 1. The van der Waals surface area contributed by atoms with E-state index in [4.69, 9.17) is 9.47 Å². The van der Waals surface area contributed by atoms with E-state index in [0.717, 1.165) is 18.4 Å². The molecule has 0 fully saturated rings. The second-order valence-electron chi connectivity index (χ2n) is 4.33. The lowest BCUT2D eigenvalue weighted by molar-refractivity contribution is 0.171. The van der Waals surface area contributed by atoms with Crippen LogP contribution >= 0.6 is 0 Å². The summed E-state index contributed by atoms with van der Waals surface area (Å²) in [6.07, 6.45) is 1.81. The maximum absolute atomic E-state index is 9.80. The first kappa shape index (κ1) is 11.0. The molecule has 1 heterocycles. The van der Waals surface area contributed by atoms with Crippen molar-refractivity contribution in [2.24, 2.45) is 0 Å². The van der Waals surface area contributed by atoms with Gasteiger partial charge in [0.1, 0.15) is 0 Å². The molecule has 0 radical (unpaired) electrons. The van der Waals surface area contributed by atoms with E-state index >= 15 is 0 Å². The van der Waals surface area contributed by atoms with Crippen molar-refractivity contribution >= 4 is 0 Å². The Kier molecular flexibility index (Phi) is 2.81. The highest BCUT2D eigenvalue weighted by Gasteiger charge is 2.18. The molecule has 2 aromatic rings. The van der Waals surface area contributed by atoms with E-state index in [0.29, 0.717) is 11.5 Å². The summed E-state index contributed by atoms with van der Waals surface area (Å²) in [5, 5.41) is 9.80. The van der Waals surface area contributed by atoms with Gasteiger partial charge in [0.05, 0.1) is 0 Å². The van der Waals surface area contributed by atoms with E-state index in [2.05, 4.69) is 12.1 Å². The van der Waals surface area contributed by atoms with Crippen molar-refractivity contribution in [1.29, 1.82) is 0 Å². The van der Waals surface area contributed by atoms with Crippen molar-refractivity contribution in [2.75, 3.05) is 6.79 Å². The predicted molar refractivity (Wildman–Crippen MR) is 68.1 cm³/mol. The van der Waals surface area contributed by atoms with Crippen LogP contribution in [-0.4, -0.2) is 11.9 Å². The maximum atomic E-state index is 9.80. The Morgan fingerprint density at radius 2 is 1.72 bits per heavy atom. The van der Waals surface area contributed by atoms with Gasteiger partial charge in [0.2, 0.25) is 12.5 Å². The summed E-state index contributed by atoms with van der Waals surface area (Å²) in [6.45, 7) is 0.186. The van der Waals surface area contributed by atoms with Gasteiger partial charge in [-0.3, -0.25) is 0 Å². The van der Waals surface area contributed by atoms with Crippen LogP contribution in [0.25, 0.3) is 0 Å². The van der Waals surface area contributed by atoms with Gasteiger partial charge in [-0.2, -0.15) is 0 Å². The number of benzene rings is 2. The van der Waals surface area contributed by atoms with Crippen LogP contribution in [0.5, 0.6) is 17.2 Å². The zero-order valence-electron chi connectivity index (χ0n) is 9.93. The minimum Gasteiger partial charge on any atom is -0.504 e. The van der Waals surface area contributed by atoms with Gasteiger partial charge < -0.3 is 14.6 Å². The average Bonchev–Trinajstić information content (AvgIpc) is 2.86. The fraction of sp³-hybridized carbons (Fsp3) is 0.200. The molecule has 1 aliphatic heterocycles. The quantitative estimate of drug-likeness (QED) is 0.899. The van der Waals surface area contributed by atoms with Crippen LogP contribution in [0.2, 0.25) is 0 Å². The number of ether oxygens (including phenoxy) is 2. The number of rotatable bonds is 3. The lowest BCUT2D eigenvalue weighted by atomic mass is 10.0. The van der Waals surface area contributed by atoms with Gasteiger partial charge in [-0.25, -0.2) is 0 Å². The number of aromatic hydroxyl groups is 1. The highest BCUT2D eigenvalue weighted by atomic mass is 16.7. The molecule has 18 heavy (non-hydrogen) atoms. The summed E-state index contributed by atoms with van der Waals surface area (Å²) >= 11 is 0.